The van der Waals surface area contributed by atoms with E-state index in [1.807, 2.05) is 19.1 Å². The molecule has 1 aliphatic heterocycles. The molecule has 0 amide bonds. The summed E-state index contributed by atoms with van der Waals surface area (Å²) in [6.45, 7) is 7.37. The molecule has 7 nitrogen and oxygen atoms in total. The minimum absolute atomic E-state index is 0.00423. The molecule has 1 aliphatic carbocycles. The van der Waals surface area contributed by atoms with Crippen molar-refractivity contribution in [2.45, 2.75) is 65.0 Å². The van der Waals surface area contributed by atoms with E-state index in [1.54, 1.807) is 6.20 Å². The van der Waals surface area contributed by atoms with Crippen LogP contribution >= 0.6 is 0 Å². The lowest BCUT2D eigenvalue weighted by atomic mass is 9.97. The highest BCUT2D eigenvalue weighted by Crippen LogP contribution is 2.23. The van der Waals surface area contributed by atoms with Crippen molar-refractivity contribution >= 4 is 11.9 Å². The van der Waals surface area contributed by atoms with Crippen LogP contribution in [0, 0.1) is 5.92 Å². The molecule has 3 rings (SSSR count). The van der Waals surface area contributed by atoms with Crippen molar-refractivity contribution in [1.82, 2.24) is 15.2 Å². The lowest BCUT2D eigenvalue weighted by Crippen LogP contribution is -2.46. The molecule has 2 heterocycles. The number of piperidine rings is 1. The number of guanidine groups is 1. The number of nitrogens with one attached hydrogen (secondary N) is 1. The van der Waals surface area contributed by atoms with Crippen LogP contribution < -0.4 is 10.1 Å². The minimum atomic E-state index is -0.0688. The summed E-state index contributed by atoms with van der Waals surface area (Å²) in [5.41, 5.74) is 1.09. The number of aliphatic imine (C=N–C) groups is 1. The van der Waals surface area contributed by atoms with Crippen LogP contribution in [0.1, 0.15) is 57.9 Å². The number of hydrogen-bond acceptors (Lipinski definition) is 5. The zero-order valence-electron chi connectivity index (χ0n) is 17.7. The van der Waals surface area contributed by atoms with E-state index in [0.717, 1.165) is 56.8 Å². The second-order valence-corrected chi connectivity index (χ2v) is 7.71. The second kappa shape index (κ2) is 11.0. The third kappa shape index (κ3) is 6.34. The summed E-state index contributed by atoms with van der Waals surface area (Å²) in [6.07, 6.45) is 8.44. The molecule has 0 atom stereocenters. The van der Waals surface area contributed by atoms with Crippen LogP contribution in [0.25, 0.3) is 0 Å². The lowest BCUT2D eigenvalue weighted by molar-refractivity contribution is -0.149. The Hall–Kier alpha value is -2.31. The SMILES string of the molecule is CCNC(=NCc1ccnc(OC2CCCC2)c1)N1CCC(C(=O)OCC)CC1. The Morgan fingerprint density at radius 3 is 2.69 bits per heavy atom. The zero-order valence-corrected chi connectivity index (χ0v) is 17.7. The van der Waals surface area contributed by atoms with Crippen LogP contribution in [0.2, 0.25) is 0 Å². The Labute approximate surface area is 173 Å². The van der Waals surface area contributed by atoms with Gasteiger partial charge in [-0.15, -0.1) is 0 Å². The predicted octanol–water partition coefficient (Wildman–Crippen LogP) is 3.14. The number of likely N-dealkylation sites (tertiary alicyclic amines) is 1. The van der Waals surface area contributed by atoms with Crippen molar-refractivity contribution in [3.05, 3.63) is 23.9 Å². The molecule has 0 unspecified atom stereocenters. The first-order chi connectivity index (χ1) is 14.2. The third-order valence-corrected chi connectivity index (χ3v) is 5.55. The average Bonchev–Trinajstić information content (AvgIpc) is 3.25. The molecule has 1 saturated carbocycles. The fourth-order valence-corrected chi connectivity index (χ4v) is 3.97. The normalized spacial score (nSPS) is 18.7. The molecule has 0 bridgehead atoms. The summed E-state index contributed by atoms with van der Waals surface area (Å²) in [4.78, 5) is 23.4. The van der Waals surface area contributed by atoms with Crippen LogP contribution in [-0.2, 0) is 16.1 Å². The molecule has 1 aromatic heterocycles. The summed E-state index contributed by atoms with van der Waals surface area (Å²) in [5.74, 6) is 1.53. The maximum atomic E-state index is 12.0. The molecule has 29 heavy (non-hydrogen) atoms. The summed E-state index contributed by atoms with van der Waals surface area (Å²) in [5, 5.41) is 3.38. The topological polar surface area (TPSA) is 76.1 Å². The van der Waals surface area contributed by atoms with E-state index in [2.05, 4.69) is 22.1 Å². The first-order valence-corrected chi connectivity index (χ1v) is 11.0. The van der Waals surface area contributed by atoms with Gasteiger partial charge in [-0.2, -0.15) is 0 Å². The van der Waals surface area contributed by atoms with Gasteiger partial charge in [0.05, 0.1) is 19.1 Å². The van der Waals surface area contributed by atoms with Gasteiger partial charge in [-0.3, -0.25) is 4.79 Å². The van der Waals surface area contributed by atoms with Gasteiger partial charge in [0.1, 0.15) is 6.10 Å². The van der Waals surface area contributed by atoms with Gasteiger partial charge in [0.25, 0.3) is 0 Å². The van der Waals surface area contributed by atoms with Gasteiger partial charge in [-0.05, 0) is 64.0 Å². The zero-order chi connectivity index (χ0) is 20.5. The van der Waals surface area contributed by atoms with Gasteiger partial charge in [0.15, 0.2) is 5.96 Å². The molecule has 1 saturated heterocycles. The second-order valence-electron chi connectivity index (χ2n) is 7.71. The van der Waals surface area contributed by atoms with E-state index >= 15 is 0 Å². The third-order valence-electron chi connectivity index (χ3n) is 5.55. The van der Waals surface area contributed by atoms with Crippen LogP contribution in [0.4, 0.5) is 0 Å². The highest BCUT2D eigenvalue weighted by Gasteiger charge is 2.27. The Morgan fingerprint density at radius 2 is 2.00 bits per heavy atom. The Balaban J connectivity index is 1.57. The van der Waals surface area contributed by atoms with Gasteiger partial charge in [-0.25, -0.2) is 9.98 Å². The molecule has 0 spiro atoms. The van der Waals surface area contributed by atoms with Crippen molar-refractivity contribution in [3.63, 3.8) is 0 Å². The quantitative estimate of drug-likeness (QED) is 0.429. The maximum absolute atomic E-state index is 12.0. The highest BCUT2D eigenvalue weighted by molar-refractivity contribution is 5.80. The van der Waals surface area contributed by atoms with E-state index in [9.17, 15) is 4.79 Å². The first-order valence-electron chi connectivity index (χ1n) is 11.0. The van der Waals surface area contributed by atoms with Gasteiger partial charge in [0, 0.05) is 31.9 Å². The van der Waals surface area contributed by atoms with E-state index in [-0.39, 0.29) is 11.9 Å². The summed E-state index contributed by atoms with van der Waals surface area (Å²) >= 11 is 0. The number of pyridine rings is 1. The number of rotatable bonds is 7. The molecule has 2 fully saturated rings. The minimum Gasteiger partial charge on any atom is -0.474 e. The molecule has 7 heteroatoms. The maximum Gasteiger partial charge on any atom is 0.309 e. The summed E-state index contributed by atoms with van der Waals surface area (Å²) in [7, 11) is 0. The van der Waals surface area contributed by atoms with E-state index in [1.165, 1.54) is 12.8 Å². The molecule has 1 aromatic rings. The standard InChI is InChI=1S/C22H34N4O3/c1-3-23-22(26-13-10-18(11-14-26)21(27)28-4-2)25-16-17-9-12-24-20(15-17)29-19-7-5-6-8-19/h9,12,15,18-19H,3-8,10-11,13-14,16H2,1-2H3,(H,23,25). The van der Waals surface area contributed by atoms with Crippen molar-refractivity contribution in [2.75, 3.05) is 26.2 Å². The monoisotopic (exact) mass is 402 g/mol. The predicted molar refractivity (Wildman–Crippen MR) is 113 cm³/mol. The molecular formula is C22H34N4O3. The lowest BCUT2D eigenvalue weighted by Gasteiger charge is -2.33. The van der Waals surface area contributed by atoms with Crippen LogP contribution in [-0.4, -0.2) is 54.2 Å². The van der Waals surface area contributed by atoms with Crippen molar-refractivity contribution in [3.8, 4) is 5.88 Å². The molecule has 160 valence electrons. The van der Waals surface area contributed by atoms with Crippen LogP contribution in [0.3, 0.4) is 0 Å². The highest BCUT2D eigenvalue weighted by atomic mass is 16.5. The van der Waals surface area contributed by atoms with E-state index in [4.69, 9.17) is 14.5 Å². The Kier molecular flexibility index (Phi) is 8.14. The summed E-state index contributed by atoms with van der Waals surface area (Å²) < 4.78 is 11.2. The number of carbonyl (C=O) groups excluding carboxylic acids is 1. The number of hydrogen-bond donors (Lipinski definition) is 1. The number of carbonyl (C=O) groups is 1. The van der Waals surface area contributed by atoms with Crippen LogP contribution in [0.15, 0.2) is 23.3 Å². The van der Waals surface area contributed by atoms with E-state index < -0.39 is 0 Å². The molecule has 0 radical (unpaired) electrons. The van der Waals surface area contributed by atoms with Gasteiger partial charge < -0.3 is 19.7 Å². The molecule has 2 aliphatic rings. The Morgan fingerprint density at radius 1 is 1.24 bits per heavy atom. The Bertz CT molecular complexity index is 680. The number of aromatic nitrogens is 1. The van der Waals surface area contributed by atoms with Crippen molar-refractivity contribution in [2.24, 2.45) is 10.9 Å². The van der Waals surface area contributed by atoms with Crippen molar-refractivity contribution < 1.29 is 14.3 Å². The fourth-order valence-electron chi connectivity index (χ4n) is 3.97. The number of nitrogens with zero attached hydrogens (tertiary/aromatic N) is 3. The molecular weight excluding hydrogens is 368 g/mol. The molecule has 0 aromatic carbocycles. The van der Waals surface area contributed by atoms with Gasteiger partial charge in [-0.1, -0.05) is 0 Å². The van der Waals surface area contributed by atoms with Gasteiger partial charge in [0.2, 0.25) is 5.88 Å². The van der Waals surface area contributed by atoms with E-state index in [0.29, 0.717) is 25.1 Å². The number of esters is 1. The smallest absolute Gasteiger partial charge is 0.309 e. The molecule has 1 N–H and O–H groups in total. The first kappa shape index (κ1) is 21.4. The largest absolute Gasteiger partial charge is 0.474 e. The van der Waals surface area contributed by atoms with Crippen LogP contribution in [0.5, 0.6) is 5.88 Å². The fraction of sp³-hybridized carbons (Fsp3) is 0.682. The summed E-state index contributed by atoms with van der Waals surface area (Å²) in [6, 6.07) is 3.99. The average molecular weight is 403 g/mol. The number of ether oxygens (including phenoxy) is 2. The van der Waals surface area contributed by atoms with Crippen molar-refractivity contribution in [1.29, 1.82) is 0 Å². The van der Waals surface area contributed by atoms with Gasteiger partial charge >= 0.3 is 5.97 Å².